The first kappa shape index (κ1) is 15.3. The van der Waals surface area contributed by atoms with Crippen LogP contribution in [-0.2, 0) is 0 Å². The van der Waals surface area contributed by atoms with Crippen molar-refractivity contribution in [1.82, 2.24) is 0 Å². The Morgan fingerprint density at radius 3 is 1.83 bits per heavy atom. The van der Waals surface area contributed by atoms with E-state index in [1.54, 1.807) is 0 Å². The molecule has 23 heavy (non-hydrogen) atoms. The van der Waals surface area contributed by atoms with Crippen LogP contribution in [0, 0.1) is 6.92 Å². The summed E-state index contributed by atoms with van der Waals surface area (Å²) in [7, 11) is 0. The molecule has 0 aliphatic heterocycles. The number of aryl methyl sites for hydroxylation is 1. The average molecular weight is 298 g/mol. The number of hydrogen-bond donors (Lipinski definition) is 0. The molecule has 0 heterocycles. The normalized spacial score (nSPS) is 12.9. The van der Waals surface area contributed by atoms with Gasteiger partial charge < -0.3 is 0 Å². The van der Waals surface area contributed by atoms with Gasteiger partial charge in [-0.15, -0.1) is 0 Å². The van der Waals surface area contributed by atoms with Crippen LogP contribution in [0.2, 0.25) is 0 Å². The van der Waals surface area contributed by atoms with Crippen LogP contribution in [0.15, 0.2) is 91.0 Å². The second kappa shape index (κ2) is 7.11. The van der Waals surface area contributed by atoms with Crippen molar-refractivity contribution in [1.29, 1.82) is 0 Å². The van der Waals surface area contributed by atoms with Gasteiger partial charge in [0.2, 0.25) is 0 Å². The molecule has 0 saturated heterocycles. The van der Waals surface area contributed by atoms with Crippen molar-refractivity contribution < 1.29 is 0 Å². The maximum absolute atomic E-state index is 2.37. The van der Waals surface area contributed by atoms with Gasteiger partial charge in [-0.25, -0.2) is 0 Å². The van der Waals surface area contributed by atoms with E-state index in [1.165, 1.54) is 27.8 Å². The van der Waals surface area contributed by atoms with Gasteiger partial charge in [0.15, 0.2) is 0 Å². The maximum atomic E-state index is 2.37. The fourth-order valence-corrected chi connectivity index (χ4v) is 2.87. The van der Waals surface area contributed by atoms with Crippen molar-refractivity contribution in [3.63, 3.8) is 0 Å². The summed E-state index contributed by atoms with van der Waals surface area (Å²) in [5, 5.41) is 0. The summed E-state index contributed by atoms with van der Waals surface area (Å²) in [6.45, 7) is 4.33. The molecule has 0 N–H and O–H groups in total. The van der Waals surface area contributed by atoms with E-state index >= 15 is 0 Å². The van der Waals surface area contributed by atoms with E-state index in [1.807, 2.05) is 0 Å². The molecular formula is C23H22. The van der Waals surface area contributed by atoms with Crippen LogP contribution in [0.25, 0.3) is 5.57 Å². The maximum Gasteiger partial charge on any atom is 0.0275 e. The van der Waals surface area contributed by atoms with Crippen LogP contribution in [0.5, 0.6) is 0 Å². The third-order valence-corrected chi connectivity index (χ3v) is 4.24. The van der Waals surface area contributed by atoms with Crippen LogP contribution in [0.4, 0.5) is 0 Å². The first-order chi connectivity index (χ1) is 11.2. The largest absolute Gasteiger partial charge is 0.0691 e. The second-order valence-corrected chi connectivity index (χ2v) is 6.01. The van der Waals surface area contributed by atoms with Crippen LogP contribution < -0.4 is 0 Å². The summed E-state index contributed by atoms with van der Waals surface area (Å²) in [6.07, 6.45) is 2.37. The Labute approximate surface area is 139 Å². The molecule has 0 radical (unpaired) electrons. The van der Waals surface area contributed by atoms with Crippen molar-refractivity contribution in [2.45, 2.75) is 19.8 Å². The van der Waals surface area contributed by atoms with Crippen LogP contribution in [-0.4, -0.2) is 0 Å². The Bertz CT molecular complexity index is 765. The summed E-state index contributed by atoms with van der Waals surface area (Å²) in [5.74, 6) is 0.275. The van der Waals surface area contributed by atoms with Crippen molar-refractivity contribution in [3.05, 3.63) is 113 Å². The minimum Gasteiger partial charge on any atom is -0.0691 e. The van der Waals surface area contributed by atoms with Gasteiger partial charge in [-0.05, 0) is 36.1 Å². The fraction of sp³-hybridized carbons (Fsp3) is 0.130. The SMILES string of the molecule is C/C(=C\C(c1ccccc1)c1ccc(C)cc1)c1ccccc1. The molecular weight excluding hydrogens is 276 g/mol. The zero-order valence-electron chi connectivity index (χ0n) is 13.7. The molecule has 0 spiro atoms. The third kappa shape index (κ3) is 3.78. The number of rotatable bonds is 4. The Kier molecular flexibility index (Phi) is 4.73. The Hall–Kier alpha value is -2.60. The van der Waals surface area contributed by atoms with E-state index in [-0.39, 0.29) is 5.92 Å². The van der Waals surface area contributed by atoms with Crippen molar-refractivity contribution in [3.8, 4) is 0 Å². The molecule has 3 rings (SSSR count). The molecule has 3 aromatic carbocycles. The van der Waals surface area contributed by atoms with Crippen LogP contribution >= 0.6 is 0 Å². The zero-order chi connectivity index (χ0) is 16.1. The smallest absolute Gasteiger partial charge is 0.0275 e. The minimum atomic E-state index is 0.275. The Balaban J connectivity index is 2.04. The van der Waals surface area contributed by atoms with E-state index in [2.05, 4.69) is 105 Å². The summed E-state index contributed by atoms with van der Waals surface area (Å²) in [4.78, 5) is 0. The van der Waals surface area contributed by atoms with Gasteiger partial charge in [-0.1, -0.05) is 96.6 Å². The lowest BCUT2D eigenvalue weighted by Crippen LogP contribution is -1.99. The molecule has 0 aromatic heterocycles. The molecule has 114 valence electrons. The first-order valence-electron chi connectivity index (χ1n) is 8.09. The highest BCUT2D eigenvalue weighted by Gasteiger charge is 2.12. The molecule has 0 aliphatic carbocycles. The molecule has 1 atom stereocenters. The molecule has 3 aromatic rings. The Morgan fingerprint density at radius 1 is 0.696 bits per heavy atom. The van der Waals surface area contributed by atoms with Gasteiger partial charge in [-0.2, -0.15) is 0 Å². The minimum absolute atomic E-state index is 0.275. The average Bonchev–Trinajstić information content (AvgIpc) is 2.62. The highest BCUT2D eigenvalue weighted by Crippen LogP contribution is 2.29. The highest BCUT2D eigenvalue weighted by atomic mass is 14.2. The Morgan fingerprint density at radius 2 is 1.22 bits per heavy atom. The molecule has 0 amide bonds. The zero-order valence-corrected chi connectivity index (χ0v) is 13.7. The second-order valence-electron chi connectivity index (χ2n) is 6.01. The lowest BCUT2D eigenvalue weighted by Gasteiger charge is -2.16. The summed E-state index contributed by atoms with van der Waals surface area (Å²) in [6, 6.07) is 30.2. The number of benzene rings is 3. The van der Waals surface area contributed by atoms with Gasteiger partial charge in [0.05, 0.1) is 0 Å². The van der Waals surface area contributed by atoms with E-state index < -0.39 is 0 Å². The predicted octanol–water partition coefficient (Wildman–Crippen LogP) is 6.23. The van der Waals surface area contributed by atoms with Crippen molar-refractivity contribution in [2.75, 3.05) is 0 Å². The van der Waals surface area contributed by atoms with E-state index in [4.69, 9.17) is 0 Å². The molecule has 0 heteroatoms. The van der Waals surface area contributed by atoms with Gasteiger partial charge in [0.25, 0.3) is 0 Å². The van der Waals surface area contributed by atoms with E-state index in [0.717, 1.165) is 0 Å². The standard InChI is InChI=1S/C23H22/c1-18-13-15-22(16-14-18)23(21-11-7-4-8-12-21)17-19(2)20-9-5-3-6-10-20/h3-17,23H,1-2H3/b19-17+. The molecule has 0 bridgehead atoms. The molecule has 0 nitrogen and oxygen atoms in total. The lowest BCUT2D eigenvalue weighted by atomic mass is 9.88. The first-order valence-corrected chi connectivity index (χ1v) is 8.09. The third-order valence-electron chi connectivity index (χ3n) is 4.24. The highest BCUT2D eigenvalue weighted by molar-refractivity contribution is 5.65. The molecule has 0 aliphatic rings. The topological polar surface area (TPSA) is 0 Å². The van der Waals surface area contributed by atoms with Crippen molar-refractivity contribution in [2.24, 2.45) is 0 Å². The summed E-state index contributed by atoms with van der Waals surface area (Å²) >= 11 is 0. The predicted molar refractivity (Wildman–Crippen MR) is 99.6 cm³/mol. The van der Waals surface area contributed by atoms with Gasteiger partial charge in [0.1, 0.15) is 0 Å². The van der Waals surface area contributed by atoms with Gasteiger partial charge in [0, 0.05) is 5.92 Å². The number of hydrogen-bond acceptors (Lipinski definition) is 0. The van der Waals surface area contributed by atoms with E-state index in [9.17, 15) is 0 Å². The fourth-order valence-electron chi connectivity index (χ4n) is 2.87. The molecule has 0 fully saturated rings. The summed E-state index contributed by atoms with van der Waals surface area (Å²) < 4.78 is 0. The van der Waals surface area contributed by atoms with Crippen LogP contribution in [0.3, 0.4) is 0 Å². The lowest BCUT2D eigenvalue weighted by molar-refractivity contribution is 1.02. The number of allylic oxidation sites excluding steroid dienone is 2. The van der Waals surface area contributed by atoms with Gasteiger partial charge in [-0.3, -0.25) is 0 Å². The van der Waals surface area contributed by atoms with E-state index in [0.29, 0.717) is 0 Å². The van der Waals surface area contributed by atoms with Gasteiger partial charge >= 0.3 is 0 Å². The van der Waals surface area contributed by atoms with Crippen molar-refractivity contribution >= 4 is 5.57 Å². The quantitative estimate of drug-likeness (QED) is 0.535. The molecule has 1 unspecified atom stereocenters. The van der Waals surface area contributed by atoms with Crippen LogP contribution in [0.1, 0.15) is 35.1 Å². The molecule has 0 saturated carbocycles. The monoisotopic (exact) mass is 298 g/mol. The summed E-state index contributed by atoms with van der Waals surface area (Å²) in [5.41, 5.74) is 6.54.